The number of hydrogen-bond acceptors (Lipinski definition) is 3. The molecule has 1 saturated carbocycles. The van der Waals surface area contributed by atoms with E-state index in [0.717, 1.165) is 43.7 Å². The van der Waals surface area contributed by atoms with Crippen molar-refractivity contribution in [3.63, 3.8) is 0 Å². The second kappa shape index (κ2) is 6.46. The number of carbonyl (C=O) groups is 1. The Balaban J connectivity index is 0.00000147. The molecular weight excluding hydrogens is 276 g/mol. The van der Waals surface area contributed by atoms with Crippen LogP contribution in [0, 0.1) is 5.92 Å². The maximum absolute atomic E-state index is 12.0. The van der Waals surface area contributed by atoms with Gasteiger partial charge in [-0.1, -0.05) is 6.42 Å². The second-order valence-electron chi connectivity index (χ2n) is 5.53. The molecule has 110 valence electrons. The van der Waals surface area contributed by atoms with E-state index in [4.69, 9.17) is 10.5 Å². The summed E-state index contributed by atoms with van der Waals surface area (Å²) in [4.78, 5) is 12.0. The molecule has 3 N–H and O–H groups in total. The summed E-state index contributed by atoms with van der Waals surface area (Å²) in [5.74, 6) is 1.36. The average molecular weight is 297 g/mol. The zero-order valence-corrected chi connectivity index (χ0v) is 12.2. The van der Waals surface area contributed by atoms with Crippen molar-refractivity contribution in [2.45, 2.75) is 38.1 Å². The lowest BCUT2D eigenvalue weighted by atomic mass is 10.00. The number of hydrogen-bond donors (Lipinski definition) is 2. The van der Waals surface area contributed by atoms with Crippen LogP contribution in [-0.4, -0.2) is 18.6 Å². The molecule has 1 aliphatic heterocycles. The Bertz CT molecular complexity index is 493. The van der Waals surface area contributed by atoms with Crippen molar-refractivity contribution in [3.05, 3.63) is 23.8 Å². The molecular formula is C15H21ClN2O2. The van der Waals surface area contributed by atoms with Gasteiger partial charge in [0.05, 0.1) is 6.61 Å². The number of nitrogens with two attached hydrogens (primary N) is 1. The molecule has 2 aliphatic rings. The van der Waals surface area contributed by atoms with Gasteiger partial charge in [-0.05, 0) is 42.5 Å². The van der Waals surface area contributed by atoms with E-state index in [1.54, 1.807) is 0 Å². The zero-order chi connectivity index (χ0) is 13.2. The van der Waals surface area contributed by atoms with Crippen LogP contribution < -0.4 is 15.8 Å². The molecule has 1 amide bonds. The lowest BCUT2D eigenvalue weighted by molar-refractivity contribution is -0.117. The van der Waals surface area contributed by atoms with Crippen molar-refractivity contribution in [2.24, 2.45) is 11.7 Å². The molecule has 1 heterocycles. The Morgan fingerprint density at radius 3 is 3.00 bits per heavy atom. The van der Waals surface area contributed by atoms with Gasteiger partial charge in [-0.25, -0.2) is 0 Å². The Morgan fingerprint density at radius 2 is 2.25 bits per heavy atom. The van der Waals surface area contributed by atoms with Gasteiger partial charge in [0.15, 0.2) is 0 Å². The van der Waals surface area contributed by atoms with Gasteiger partial charge in [0.25, 0.3) is 0 Å². The topological polar surface area (TPSA) is 64.4 Å². The minimum atomic E-state index is 0. The highest BCUT2D eigenvalue weighted by molar-refractivity contribution is 5.91. The fourth-order valence-electron chi connectivity index (χ4n) is 3.03. The summed E-state index contributed by atoms with van der Waals surface area (Å²) < 4.78 is 5.45. The number of halogens is 1. The van der Waals surface area contributed by atoms with Crippen LogP contribution in [0.1, 0.15) is 31.2 Å². The highest BCUT2D eigenvalue weighted by Gasteiger charge is 2.26. The molecule has 3 rings (SSSR count). The zero-order valence-electron chi connectivity index (χ0n) is 11.4. The van der Waals surface area contributed by atoms with E-state index in [9.17, 15) is 4.79 Å². The largest absolute Gasteiger partial charge is 0.493 e. The Hall–Kier alpha value is -1.26. The molecule has 2 atom stereocenters. The maximum Gasteiger partial charge on any atom is 0.224 e. The van der Waals surface area contributed by atoms with Crippen LogP contribution >= 0.6 is 12.4 Å². The summed E-state index contributed by atoms with van der Waals surface area (Å²) >= 11 is 0. The molecule has 0 radical (unpaired) electrons. The van der Waals surface area contributed by atoms with Gasteiger partial charge in [0, 0.05) is 24.6 Å². The first-order chi connectivity index (χ1) is 9.22. The molecule has 0 unspecified atom stereocenters. The molecule has 20 heavy (non-hydrogen) atoms. The van der Waals surface area contributed by atoms with Crippen LogP contribution in [0.15, 0.2) is 18.2 Å². The summed E-state index contributed by atoms with van der Waals surface area (Å²) in [7, 11) is 0. The molecule has 1 aromatic rings. The number of carbonyl (C=O) groups excluding carboxylic acids is 1. The summed E-state index contributed by atoms with van der Waals surface area (Å²) in [5.41, 5.74) is 8.04. The van der Waals surface area contributed by atoms with E-state index in [1.165, 1.54) is 5.56 Å². The van der Waals surface area contributed by atoms with E-state index in [-0.39, 0.29) is 24.4 Å². The Kier molecular flexibility index (Phi) is 4.89. The van der Waals surface area contributed by atoms with Gasteiger partial charge in [0.2, 0.25) is 5.91 Å². The number of amides is 1. The number of fused-ring (bicyclic) bond motifs is 1. The van der Waals surface area contributed by atoms with E-state index in [2.05, 4.69) is 5.32 Å². The van der Waals surface area contributed by atoms with Crippen molar-refractivity contribution >= 4 is 24.0 Å². The standard InChI is InChI=1S/C15H20N2O2.ClH/c16-13-3-1-2-10(13)9-15(18)17-12-4-5-14-11(8-12)6-7-19-14;/h4-5,8,10,13H,1-3,6-7,9,16H2,(H,17,18);1H/t10-,13+;/m0./s1. The van der Waals surface area contributed by atoms with Crippen molar-refractivity contribution in [2.75, 3.05) is 11.9 Å². The van der Waals surface area contributed by atoms with Crippen LogP contribution in [0.2, 0.25) is 0 Å². The van der Waals surface area contributed by atoms with Crippen molar-refractivity contribution in [3.8, 4) is 5.75 Å². The van der Waals surface area contributed by atoms with Crippen LogP contribution in [0.25, 0.3) is 0 Å². The molecule has 1 fully saturated rings. The van der Waals surface area contributed by atoms with Gasteiger partial charge in [0.1, 0.15) is 5.75 Å². The van der Waals surface area contributed by atoms with Crippen LogP contribution in [-0.2, 0) is 11.2 Å². The predicted molar refractivity (Wildman–Crippen MR) is 81.5 cm³/mol. The minimum absolute atomic E-state index is 0. The number of nitrogens with one attached hydrogen (secondary N) is 1. The highest BCUT2D eigenvalue weighted by Crippen LogP contribution is 2.29. The number of benzene rings is 1. The van der Waals surface area contributed by atoms with Gasteiger partial charge in [-0.3, -0.25) is 4.79 Å². The molecule has 0 saturated heterocycles. The third-order valence-electron chi connectivity index (χ3n) is 4.14. The molecule has 4 nitrogen and oxygen atoms in total. The van der Waals surface area contributed by atoms with E-state index < -0.39 is 0 Å². The lowest BCUT2D eigenvalue weighted by Gasteiger charge is -2.15. The molecule has 5 heteroatoms. The van der Waals surface area contributed by atoms with Gasteiger partial charge in [-0.15, -0.1) is 12.4 Å². The Morgan fingerprint density at radius 1 is 1.40 bits per heavy atom. The van der Waals surface area contributed by atoms with Gasteiger partial charge < -0.3 is 15.8 Å². The first-order valence-corrected chi connectivity index (χ1v) is 7.03. The Labute approximate surface area is 125 Å². The van der Waals surface area contributed by atoms with E-state index in [0.29, 0.717) is 12.3 Å². The number of rotatable bonds is 3. The highest BCUT2D eigenvalue weighted by atomic mass is 35.5. The molecule has 0 spiro atoms. The fraction of sp³-hybridized carbons (Fsp3) is 0.533. The average Bonchev–Trinajstić information content (AvgIpc) is 2.98. The summed E-state index contributed by atoms with van der Waals surface area (Å²) in [6, 6.07) is 6.03. The summed E-state index contributed by atoms with van der Waals surface area (Å²) in [6.45, 7) is 0.740. The number of anilines is 1. The molecule has 1 aromatic carbocycles. The number of ether oxygens (including phenoxy) is 1. The monoisotopic (exact) mass is 296 g/mol. The maximum atomic E-state index is 12.0. The predicted octanol–water partition coefficient (Wildman–Crippen LogP) is 2.50. The second-order valence-corrected chi connectivity index (χ2v) is 5.53. The lowest BCUT2D eigenvalue weighted by Crippen LogP contribution is -2.28. The fourth-order valence-corrected chi connectivity index (χ4v) is 3.03. The van der Waals surface area contributed by atoms with Crippen LogP contribution in [0.4, 0.5) is 5.69 Å². The molecule has 1 aliphatic carbocycles. The third kappa shape index (κ3) is 3.25. The van der Waals surface area contributed by atoms with Gasteiger partial charge in [-0.2, -0.15) is 0 Å². The third-order valence-corrected chi connectivity index (χ3v) is 4.14. The summed E-state index contributed by atoms with van der Waals surface area (Å²) in [5, 5.41) is 2.97. The van der Waals surface area contributed by atoms with Crippen molar-refractivity contribution < 1.29 is 9.53 Å². The van der Waals surface area contributed by atoms with Gasteiger partial charge >= 0.3 is 0 Å². The van der Waals surface area contributed by atoms with Crippen molar-refractivity contribution in [1.82, 2.24) is 0 Å². The summed E-state index contributed by atoms with van der Waals surface area (Å²) in [6.07, 6.45) is 4.73. The van der Waals surface area contributed by atoms with E-state index >= 15 is 0 Å². The smallest absolute Gasteiger partial charge is 0.224 e. The van der Waals surface area contributed by atoms with E-state index in [1.807, 2.05) is 18.2 Å². The van der Waals surface area contributed by atoms with Crippen molar-refractivity contribution in [1.29, 1.82) is 0 Å². The first-order valence-electron chi connectivity index (χ1n) is 7.03. The van der Waals surface area contributed by atoms with Crippen LogP contribution in [0.3, 0.4) is 0 Å². The molecule has 0 bridgehead atoms. The molecule has 0 aromatic heterocycles. The first kappa shape index (κ1) is 15.1. The van der Waals surface area contributed by atoms with Crippen LogP contribution in [0.5, 0.6) is 5.75 Å². The normalized spacial score (nSPS) is 23.6. The quantitative estimate of drug-likeness (QED) is 0.901. The SMILES string of the molecule is Cl.N[C@@H]1CCC[C@H]1CC(=O)Nc1ccc2c(c1)CCO2. The minimum Gasteiger partial charge on any atom is -0.493 e.